The number of imidazole rings is 1. The van der Waals surface area contributed by atoms with E-state index in [0.717, 1.165) is 25.9 Å². The van der Waals surface area contributed by atoms with Crippen molar-refractivity contribution in [1.29, 1.82) is 0 Å². The van der Waals surface area contributed by atoms with E-state index in [0.29, 0.717) is 12.0 Å². The molecule has 3 nitrogen and oxygen atoms in total. The Balaban J connectivity index is 2.45. The highest BCUT2D eigenvalue weighted by atomic mass is 15.1. The third-order valence-electron chi connectivity index (χ3n) is 2.69. The van der Waals surface area contributed by atoms with Crippen LogP contribution in [0.5, 0.6) is 0 Å². The normalized spacial score (nSPS) is 13.3. The first kappa shape index (κ1) is 13.2. The van der Waals surface area contributed by atoms with E-state index >= 15 is 0 Å². The smallest absolute Gasteiger partial charge is 0.108 e. The standard InChI is InChI=1S/C13H25N3/c1-5-6-13-15-7-8-16(13)12(4)10-14-9-11(2)3/h7-8,11-12,14H,5-6,9-10H2,1-4H3. The molecule has 0 saturated carbocycles. The molecule has 0 spiro atoms. The van der Waals surface area contributed by atoms with Gasteiger partial charge < -0.3 is 9.88 Å². The first-order valence-corrected chi connectivity index (χ1v) is 6.37. The van der Waals surface area contributed by atoms with Crippen molar-refractivity contribution in [3.63, 3.8) is 0 Å². The molecule has 0 bridgehead atoms. The Morgan fingerprint density at radius 2 is 2.06 bits per heavy atom. The molecular formula is C13H25N3. The van der Waals surface area contributed by atoms with Crippen molar-refractivity contribution in [2.75, 3.05) is 13.1 Å². The SMILES string of the molecule is CCCc1nccn1C(C)CNCC(C)C. The summed E-state index contributed by atoms with van der Waals surface area (Å²) in [5, 5.41) is 3.49. The molecule has 0 amide bonds. The first-order chi connectivity index (χ1) is 7.65. The topological polar surface area (TPSA) is 29.9 Å². The van der Waals surface area contributed by atoms with Gasteiger partial charge in [0.05, 0.1) is 0 Å². The van der Waals surface area contributed by atoms with Gasteiger partial charge in [-0.1, -0.05) is 20.8 Å². The molecule has 1 heterocycles. The van der Waals surface area contributed by atoms with Crippen molar-refractivity contribution in [3.8, 4) is 0 Å². The summed E-state index contributed by atoms with van der Waals surface area (Å²) in [5.74, 6) is 1.92. The average Bonchev–Trinajstić information content (AvgIpc) is 2.66. The maximum Gasteiger partial charge on any atom is 0.108 e. The predicted octanol–water partition coefficient (Wildman–Crippen LogP) is 2.64. The molecule has 1 aromatic heterocycles. The summed E-state index contributed by atoms with van der Waals surface area (Å²) in [6.07, 6.45) is 6.22. The van der Waals surface area contributed by atoms with Gasteiger partial charge in [-0.05, 0) is 25.8 Å². The quantitative estimate of drug-likeness (QED) is 0.770. The number of aryl methyl sites for hydroxylation is 1. The van der Waals surface area contributed by atoms with Crippen LogP contribution in [0.25, 0.3) is 0 Å². The average molecular weight is 223 g/mol. The molecule has 1 atom stereocenters. The van der Waals surface area contributed by atoms with E-state index in [2.05, 4.69) is 48.8 Å². The molecule has 1 aromatic rings. The minimum atomic E-state index is 0.489. The molecule has 3 heteroatoms. The lowest BCUT2D eigenvalue weighted by Crippen LogP contribution is -2.27. The Bertz CT molecular complexity index is 291. The molecular weight excluding hydrogens is 198 g/mol. The third-order valence-corrected chi connectivity index (χ3v) is 2.69. The van der Waals surface area contributed by atoms with Gasteiger partial charge in [0, 0.05) is 31.4 Å². The Kier molecular flexibility index (Phi) is 5.53. The maximum absolute atomic E-state index is 4.41. The summed E-state index contributed by atoms with van der Waals surface area (Å²) in [7, 11) is 0. The van der Waals surface area contributed by atoms with Crippen molar-refractivity contribution in [1.82, 2.24) is 14.9 Å². The van der Waals surface area contributed by atoms with Crippen LogP contribution in [-0.4, -0.2) is 22.6 Å². The Morgan fingerprint density at radius 1 is 1.31 bits per heavy atom. The molecule has 0 aliphatic rings. The number of nitrogens with zero attached hydrogens (tertiary/aromatic N) is 2. The highest BCUT2D eigenvalue weighted by Gasteiger charge is 2.08. The van der Waals surface area contributed by atoms with Crippen molar-refractivity contribution in [2.24, 2.45) is 5.92 Å². The van der Waals surface area contributed by atoms with E-state index in [1.807, 2.05) is 6.20 Å². The fourth-order valence-corrected chi connectivity index (χ4v) is 1.84. The van der Waals surface area contributed by atoms with Gasteiger partial charge in [0.2, 0.25) is 0 Å². The van der Waals surface area contributed by atoms with E-state index in [9.17, 15) is 0 Å². The second-order valence-corrected chi connectivity index (χ2v) is 4.90. The highest BCUT2D eigenvalue weighted by molar-refractivity contribution is 4.95. The fraction of sp³-hybridized carbons (Fsp3) is 0.769. The number of hydrogen-bond acceptors (Lipinski definition) is 2. The lowest BCUT2D eigenvalue weighted by atomic mass is 10.2. The number of aromatic nitrogens is 2. The summed E-state index contributed by atoms with van der Waals surface area (Å²) < 4.78 is 2.29. The second-order valence-electron chi connectivity index (χ2n) is 4.90. The molecule has 0 radical (unpaired) electrons. The van der Waals surface area contributed by atoms with E-state index < -0.39 is 0 Å². The monoisotopic (exact) mass is 223 g/mol. The van der Waals surface area contributed by atoms with Gasteiger partial charge in [-0.2, -0.15) is 0 Å². The molecule has 0 saturated heterocycles. The van der Waals surface area contributed by atoms with Crippen LogP contribution >= 0.6 is 0 Å². The van der Waals surface area contributed by atoms with Crippen LogP contribution in [0.4, 0.5) is 0 Å². The summed E-state index contributed by atoms with van der Waals surface area (Å²) in [6.45, 7) is 11.0. The van der Waals surface area contributed by atoms with Crippen molar-refractivity contribution in [3.05, 3.63) is 18.2 Å². The summed E-state index contributed by atoms with van der Waals surface area (Å²) >= 11 is 0. The molecule has 1 unspecified atom stereocenters. The minimum absolute atomic E-state index is 0.489. The molecule has 0 aliphatic carbocycles. The second kappa shape index (κ2) is 6.69. The molecule has 0 aromatic carbocycles. The van der Waals surface area contributed by atoms with E-state index in [1.54, 1.807) is 0 Å². The van der Waals surface area contributed by atoms with Crippen LogP contribution in [-0.2, 0) is 6.42 Å². The Morgan fingerprint density at radius 3 is 2.69 bits per heavy atom. The first-order valence-electron chi connectivity index (χ1n) is 6.37. The zero-order chi connectivity index (χ0) is 12.0. The number of rotatable bonds is 7. The van der Waals surface area contributed by atoms with Gasteiger partial charge >= 0.3 is 0 Å². The van der Waals surface area contributed by atoms with Crippen LogP contribution in [0, 0.1) is 5.92 Å². The number of hydrogen-bond donors (Lipinski definition) is 1. The highest BCUT2D eigenvalue weighted by Crippen LogP contribution is 2.10. The van der Waals surface area contributed by atoms with Gasteiger partial charge in [0.1, 0.15) is 5.82 Å². The van der Waals surface area contributed by atoms with Gasteiger partial charge in [-0.25, -0.2) is 4.98 Å². The largest absolute Gasteiger partial charge is 0.331 e. The van der Waals surface area contributed by atoms with Crippen LogP contribution in [0.1, 0.15) is 46.0 Å². The molecule has 92 valence electrons. The summed E-state index contributed by atoms with van der Waals surface area (Å²) in [4.78, 5) is 4.41. The van der Waals surface area contributed by atoms with Crippen LogP contribution in [0.2, 0.25) is 0 Å². The Hall–Kier alpha value is -0.830. The van der Waals surface area contributed by atoms with Crippen LogP contribution < -0.4 is 5.32 Å². The van der Waals surface area contributed by atoms with Crippen LogP contribution in [0.3, 0.4) is 0 Å². The molecule has 1 rings (SSSR count). The van der Waals surface area contributed by atoms with E-state index in [-0.39, 0.29) is 0 Å². The zero-order valence-electron chi connectivity index (χ0n) is 11.0. The van der Waals surface area contributed by atoms with Crippen molar-refractivity contribution < 1.29 is 0 Å². The lowest BCUT2D eigenvalue weighted by molar-refractivity contribution is 0.452. The van der Waals surface area contributed by atoms with E-state index in [1.165, 1.54) is 5.82 Å². The molecule has 1 N–H and O–H groups in total. The van der Waals surface area contributed by atoms with Gasteiger partial charge in [0.15, 0.2) is 0 Å². The van der Waals surface area contributed by atoms with E-state index in [4.69, 9.17) is 0 Å². The lowest BCUT2D eigenvalue weighted by Gasteiger charge is -2.17. The molecule has 0 aliphatic heterocycles. The number of nitrogens with one attached hydrogen (secondary N) is 1. The zero-order valence-corrected chi connectivity index (χ0v) is 11.0. The van der Waals surface area contributed by atoms with Gasteiger partial charge in [-0.15, -0.1) is 0 Å². The third kappa shape index (κ3) is 3.97. The Labute approximate surface area is 99.3 Å². The molecule has 0 fully saturated rings. The molecule has 16 heavy (non-hydrogen) atoms. The van der Waals surface area contributed by atoms with Crippen molar-refractivity contribution in [2.45, 2.75) is 46.6 Å². The van der Waals surface area contributed by atoms with Gasteiger partial charge in [0.25, 0.3) is 0 Å². The maximum atomic E-state index is 4.41. The predicted molar refractivity (Wildman–Crippen MR) is 68.6 cm³/mol. The van der Waals surface area contributed by atoms with Crippen molar-refractivity contribution >= 4 is 0 Å². The minimum Gasteiger partial charge on any atom is -0.331 e. The fourth-order valence-electron chi connectivity index (χ4n) is 1.84. The summed E-state index contributed by atoms with van der Waals surface area (Å²) in [6, 6.07) is 0.489. The van der Waals surface area contributed by atoms with Gasteiger partial charge in [-0.3, -0.25) is 0 Å². The van der Waals surface area contributed by atoms with Crippen LogP contribution in [0.15, 0.2) is 12.4 Å². The summed E-state index contributed by atoms with van der Waals surface area (Å²) in [5.41, 5.74) is 0.